The van der Waals surface area contributed by atoms with Crippen LogP contribution >= 0.6 is 0 Å². The van der Waals surface area contributed by atoms with Gasteiger partial charge in [0.1, 0.15) is 17.2 Å². The van der Waals surface area contributed by atoms with Gasteiger partial charge in [-0.05, 0) is 24.6 Å². The highest BCUT2D eigenvalue weighted by Crippen LogP contribution is 2.34. The Hall–Kier alpha value is -3.03. The number of fused-ring (bicyclic) bond motifs is 1. The largest absolute Gasteiger partial charge is 0.378 e. The van der Waals surface area contributed by atoms with Crippen molar-refractivity contribution in [2.24, 2.45) is 0 Å². The zero-order valence-corrected chi connectivity index (χ0v) is 16.9. The number of ether oxygens (including phenoxy) is 2. The number of pyridine rings is 2. The molecule has 7 heteroatoms. The SMILES string of the molecule is C=Cc1cn(-c2cc(C)cc(C3(OC)CCOC3)n2)c2cc(NC(C)=O)ncc12. The molecule has 150 valence electrons. The van der Waals surface area contributed by atoms with Crippen LogP contribution in [0.3, 0.4) is 0 Å². The number of anilines is 1. The summed E-state index contributed by atoms with van der Waals surface area (Å²) in [5, 5.41) is 3.67. The van der Waals surface area contributed by atoms with Crippen LogP contribution in [0.1, 0.15) is 30.2 Å². The number of nitrogens with one attached hydrogen (secondary N) is 1. The van der Waals surface area contributed by atoms with E-state index < -0.39 is 5.60 Å². The minimum Gasteiger partial charge on any atom is -0.378 e. The Morgan fingerprint density at radius 1 is 1.41 bits per heavy atom. The van der Waals surface area contributed by atoms with Crippen LogP contribution in [-0.2, 0) is 19.9 Å². The topological polar surface area (TPSA) is 78.3 Å². The van der Waals surface area contributed by atoms with Crippen molar-refractivity contribution in [1.29, 1.82) is 0 Å². The van der Waals surface area contributed by atoms with E-state index in [4.69, 9.17) is 14.5 Å². The lowest BCUT2D eigenvalue weighted by Gasteiger charge is -2.26. The van der Waals surface area contributed by atoms with E-state index in [0.717, 1.165) is 40.0 Å². The highest BCUT2D eigenvalue weighted by atomic mass is 16.5. The molecule has 29 heavy (non-hydrogen) atoms. The first kappa shape index (κ1) is 19.3. The number of methoxy groups -OCH3 is 1. The summed E-state index contributed by atoms with van der Waals surface area (Å²) in [7, 11) is 1.70. The molecule has 1 aliphatic heterocycles. The molecule has 4 rings (SSSR count). The second-order valence-electron chi connectivity index (χ2n) is 7.32. The van der Waals surface area contributed by atoms with E-state index in [1.54, 1.807) is 19.4 Å². The quantitative estimate of drug-likeness (QED) is 0.718. The first-order valence-corrected chi connectivity index (χ1v) is 9.49. The Morgan fingerprint density at radius 2 is 2.24 bits per heavy atom. The second-order valence-corrected chi connectivity index (χ2v) is 7.32. The van der Waals surface area contributed by atoms with Crippen LogP contribution in [0.15, 0.2) is 37.2 Å². The van der Waals surface area contributed by atoms with Gasteiger partial charge in [-0.3, -0.25) is 4.79 Å². The van der Waals surface area contributed by atoms with Crippen molar-refractivity contribution >= 4 is 28.7 Å². The summed E-state index contributed by atoms with van der Waals surface area (Å²) in [6, 6.07) is 5.91. The van der Waals surface area contributed by atoms with Gasteiger partial charge in [0.15, 0.2) is 0 Å². The fourth-order valence-corrected chi connectivity index (χ4v) is 3.77. The average molecular weight is 392 g/mol. The molecule has 0 saturated carbocycles. The summed E-state index contributed by atoms with van der Waals surface area (Å²) >= 11 is 0. The molecule has 1 saturated heterocycles. The maximum absolute atomic E-state index is 11.5. The summed E-state index contributed by atoms with van der Waals surface area (Å²) in [5.74, 6) is 1.09. The van der Waals surface area contributed by atoms with Gasteiger partial charge >= 0.3 is 0 Å². The molecule has 0 aliphatic carbocycles. The highest BCUT2D eigenvalue weighted by Gasteiger charge is 2.38. The molecule has 1 aliphatic rings. The molecule has 1 atom stereocenters. The summed E-state index contributed by atoms with van der Waals surface area (Å²) in [5.41, 5.74) is 3.22. The first-order valence-electron chi connectivity index (χ1n) is 9.49. The Balaban J connectivity index is 1.90. The minimum absolute atomic E-state index is 0.168. The molecule has 1 amide bonds. The lowest BCUT2D eigenvalue weighted by molar-refractivity contribution is -0.114. The normalized spacial score (nSPS) is 18.9. The second kappa shape index (κ2) is 7.42. The molecule has 4 heterocycles. The fourth-order valence-electron chi connectivity index (χ4n) is 3.77. The van der Waals surface area contributed by atoms with Crippen molar-refractivity contribution in [1.82, 2.24) is 14.5 Å². The third-order valence-electron chi connectivity index (χ3n) is 5.29. The van der Waals surface area contributed by atoms with Crippen LogP contribution in [-0.4, -0.2) is 40.8 Å². The van der Waals surface area contributed by atoms with Crippen molar-refractivity contribution in [2.45, 2.75) is 25.9 Å². The van der Waals surface area contributed by atoms with Gasteiger partial charge in [0.25, 0.3) is 0 Å². The lowest BCUT2D eigenvalue weighted by atomic mass is 9.97. The number of nitrogens with zero attached hydrogens (tertiary/aromatic N) is 3. The summed E-state index contributed by atoms with van der Waals surface area (Å²) in [6.45, 7) is 8.55. The number of aryl methyl sites for hydroxylation is 1. The van der Waals surface area contributed by atoms with Crippen molar-refractivity contribution < 1.29 is 14.3 Å². The van der Waals surface area contributed by atoms with Gasteiger partial charge in [0, 0.05) is 56.5 Å². The van der Waals surface area contributed by atoms with E-state index in [1.165, 1.54) is 6.92 Å². The van der Waals surface area contributed by atoms with Crippen molar-refractivity contribution in [3.8, 4) is 5.82 Å². The van der Waals surface area contributed by atoms with Gasteiger partial charge in [-0.2, -0.15) is 0 Å². The Morgan fingerprint density at radius 3 is 2.90 bits per heavy atom. The molecular weight excluding hydrogens is 368 g/mol. The van der Waals surface area contributed by atoms with E-state index >= 15 is 0 Å². The summed E-state index contributed by atoms with van der Waals surface area (Å²) in [6.07, 6.45) is 6.27. The molecule has 0 spiro atoms. The zero-order valence-electron chi connectivity index (χ0n) is 16.9. The van der Waals surface area contributed by atoms with Crippen LogP contribution in [0.4, 0.5) is 5.82 Å². The third kappa shape index (κ3) is 3.43. The lowest BCUT2D eigenvalue weighted by Crippen LogP contribution is -2.30. The van der Waals surface area contributed by atoms with Gasteiger partial charge in [-0.25, -0.2) is 9.97 Å². The smallest absolute Gasteiger partial charge is 0.222 e. The van der Waals surface area contributed by atoms with E-state index in [2.05, 4.69) is 16.9 Å². The number of hydrogen-bond donors (Lipinski definition) is 1. The standard InChI is InChI=1S/C22H24N4O3/c1-5-16-12-26(18-10-20(24-15(3)27)23-11-17(16)18)21-9-14(2)8-19(25-21)22(28-4)6-7-29-13-22/h5,8-12H,1,6-7,13H2,2-4H3,(H,23,24,27). The van der Waals surface area contributed by atoms with E-state index in [-0.39, 0.29) is 5.91 Å². The third-order valence-corrected chi connectivity index (χ3v) is 5.29. The maximum Gasteiger partial charge on any atom is 0.222 e. The number of aromatic nitrogens is 3. The molecule has 0 bridgehead atoms. The molecule has 3 aromatic rings. The maximum atomic E-state index is 11.5. The molecule has 0 radical (unpaired) electrons. The van der Waals surface area contributed by atoms with Gasteiger partial charge in [0.2, 0.25) is 5.91 Å². The van der Waals surface area contributed by atoms with Crippen molar-refractivity contribution in [3.63, 3.8) is 0 Å². The number of carbonyl (C=O) groups is 1. The van der Waals surface area contributed by atoms with Gasteiger partial charge in [0.05, 0.1) is 17.8 Å². The van der Waals surface area contributed by atoms with Crippen molar-refractivity contribution in [2.75, 3.05) is 25.6 Å². The molecule has 7 nitrogen and oxygen atoms in total. The molecule has 0 aromatic carbocycles. The Bertz CT molecular complexity index is 1100. The van der Waals surface area contributed by atoms with Crippen molar-refractivity contribution in [3.05, 3.63) is 54.0 Å². The molecule has 1 fully saturated rings. The van der Waals surface area contributed by atoms with Crippen LogP contribution < -0.4 is 5.32 Å². The van der Waals surface area contributed by atoms with Gasteiger partial charge in [-0.1, -0.05) is 12.7 Å². The predicted octanol–water partition coefficient (Wildman–Crippen LogP) is 3.59. The van der Waals surface area contributed by atoms with Crippen LogP contribution in [0.5, 0.6) is 0 Å². The van der Waals surface area contributed by atoms with Gasteiger partial charge < -0.3 is 19.4 Å². The number of rotatable bonds is 5. The van der Waals surface area contributed by atoms with Crippen LogP contribution in [0.2, 0.25) is 0 Å². The zero-order chi connectivity index (χ0) is 20.6. The monoisotopic (exact) mass is 392 g/mol. The van der Waals surface area contributed by atoms with Crippen LogP contribution in [0, 0.1) is 6.92 Å². The highest BCUT2D eigenvalue weighted by molar-refractivity contribution is 5.94. The van der Waals surface area contributed by atoms with E-state index in [1.807, 2.05) is 35.9 Å². The molecular formula is C22H24N4O3. The number of amides is 1. The number of carbonyl (C=O) groups excluding carboxylic acids is 1. The minimum atomic E-state index is -0.534. The molecule has 1 N–H and O–H groups in total. The van der Waals surface area contributed by atoms with E-state index in [9.17, 15) is 4.79 Å². The average Bonchev–Trinajstić information content (AvgIpc) is 3.32. The predicted molar refractivity (Wildman–Crippen MR) is 112 cm³/mol. The Labute approximate surface area is 169 Å². The number of hydrogen-bond acceptors (Lipinski definition) is 5. The fraction of sp³-hybridized carbons (Fsp3) is 0.318. The first-order chi connectivity index (χ1) is 14.0. The van der Waals surface area contributed by atoms with Crippen LogP contribution in [0.25, 0.3) is 22.8 Å². The Kier molecular flexibility index (Phi) is 4.94. The van der Waals surface area contributed by atoms with E-state index in [0.29, 0.717) is 19.0 Å². The molecule has 3 aromatic heterocycles. The van der Waals surface area contributed by atoms with Gasteiger partial charge in [-0.15, -0.1) is 0 Å². The summed E-state index contributed by atoms with van der Waals surface area (Å²) < 4.78 is 13.4. The molecule has 1 unspecified atom stereocenters. The summed E-state index contributed by atoms with van der Waals surface area (Å²) in [4.78, 5) is 20.7.